The molecule has 0 bridgehead atoms. The minimum absolute atomic E-state index is 0.00332. The second kappa shape index (κ2) is 9.52. The van der Waals surface area contributed by atoms with E-state index in [9.17, 15) is 9.59 Å². The van der Waals surface area contributed by atoms with Crippen molar-refractivity contribution in [2.24, 2.45) is 0 Å². The number of aromatic nitrogens is 4. The van der Waals surface area contributed by atoms with Crippen molar-refractivity contribution in [1.29, 1.82) is 0 Å². The largest absolute Gasteiger partial charge is 0.376 e. The molecule has 1 amide bonds. The summed E-state index contributed by atoms with van der Waals surface area (Å²) in [6.07, 6.45) is 1.90. The third-order valence-corrected chi connectivity index (χ3v) is 6.90. The minimum atomic E-state index is -0.306. The van der Waals surface area contributed by atoms with Crippen LogP contribution in [-0.4, -0.2) is 44.1 Å². The summed E-state index contributed by atoms with van der Waals surface area (Å²) in [7, 11) is 0. The van der Waals surface area contributed by atoms with Gasteiger partial charge in [0.05, 0.1) is 34.1 Å². The number of aromatic amines is 1. The molecule has 1 fully saturated rings. The van der Waals surface area contributed by atoms with Crippen LogP contribution in [0.2, 0.25) is 10.0 Å². The fourth-order valence-electron chi connectivity index (χ4n) is 2.97. The van der Waals surface area contributed by atoms with Crippen molar-refractivity contribution in [3.63, 3.8) is 0 Å². The molecule has 8 nitrogen and oxygen atoms in total. The van der Waals surface area contributed by atoms with Gasteiger partial charge in [-0.25, -0.2) is 14.9 Å². The van der Waals surface area contributed by atoms with E-state index in [1.807, 2.05) is 11.4 Å². The third kappa shape index (κ3) is 5.06. The summed E-state index contributed by atoms with van der Waals surface area (Å²) >= 11 is 14.5. The first-order valence-corrected chi connectivity index (χ1v) is 11.7. The lowest BCUT2D eigenvalue weighted by molar-refractivity contribution is -0.113. The van der Waals surface area contributed by atoms with E-state index in [0.29, 0.717) is 39.2 Å². The number of nitrogens with zero attached hydrogens (tertiary/aromatic N) is 3. The van der Waals surface area contributed by atoms with E-state index in [0.717, 1.165) is 18.4 Å². The maximum absolute atomic E-state index is 12.3. The fraction of sp³-hybridized carbons (Fsp3) is 0.333. The van der Waals surface area contributed by atoms with Gasteiger partial charge in [0.1, 0.15) is 0 Å². The Balaban J connectivity index is 1.35. The van der Waals surface area contributed by atoms with Crippen molar-refractivity contribution in [3.8, 4) is 11.3 Å². The topological polar surface area (TPSA) is 102 Å². The number of carbonyl (C=O) groups is 1. The molecule has 30 heavy (non-hydrogen) atoms. The van der Waals surface area contributed by atoms with Crippen LogP contribution >= 0.6 is 46.3 Å². The maximum Gasteiger partial charge on any atom is 0.344 e. The number of anilines is 1. The lowest BCUT2D eigenvalue weighted by Crippen LogP contribution is -2.25. The van der Waals surface area contributed by atoms with Crippen molar-refractivity contribution >= 4 is 57.3 Å². The molecule has 0 radical (unpaired) electrons. The fourth-order valence-corrected chi connectivity index (χ4v) is 4.76. The number of thioether (sulfide) groups is 1. The quantitative estimate of drug-likeness (QED) is 0.491. The van der Waals surface area contributed by atoms with Gasteiger partial charge in [-0.05, 0) is 25.0 Å². The molecule has 1 aromatic carbocycles. The number of thiazole rings is 1. The van der Waals surface area contributed by atoms with E-state index < -0.39 is 0 Å². The normalized spacial score (nSPS) is 16.1. The lowest BCUT2D eigenvalue weighted by atomic mass is 10.2. The average Bonchev–Trinajstić information content (AvgIpc) is 3.46. The van der Waals surface area contributed by atoms with E-state index in [1.54, 1.807) is 12.1 Å². The molecular weight excluding hydrogens is 469 g/mol. The standard InChI is InChI=1S/C18H17Cl2N5O3S2/c19-12-4-3-10(6-13(12)20)14-8-29-16(21-14)22-15(26)9-30-18-24-23-17(27)25(18)7-11-2-1-5-28-11/h3-4,6,8,11H,1-2,5,7,9H2,(H,23,27)(H,21,22,26). The predicted octanol–water partition coefficient (Wildman–Crippen LogP) is 3.91. The zero-order valence-corrected chi connectivity index (χ0v) is 18.7. The van der Waals surface area contributed by atoms with Gasteiger partial charge in [-0.1, -0.05) is 41.0 Å². The summed E-state index contributed by atoms with van der Waals surface area (Å²) in [5.41, 5.74) is 1.20. The predicted molar refractivity (Wildman–Crippen MR) is 119 cm³/mol. The molecule has 3 aromatic rings. The van der Waals surface area contributed by atoms with Gasteiger partial charge in [0, 0.05) is 17.6 Å². The van der Waals surface area contributed by atoms with Crippen LogP contribution in [0.4, 0.5) is 5.13 Å². The van der Waals surface area contributed by atoms with Crippen LogP contribution in [0.5, 0.6) is 0 Å². The number of amides is 1. The Morgan fingerprint density at radius 3 is 3.03 bits per heavy atom. The van der Waals surface area contributed by atoms with Crippen molar-refractivity contribution in [2.45, 2.75) is 30.6 Å². The number of H-pyrrole nitrogens is 1. The summed E-state index contributed by atoms with van der Waals surface area (Å²) in [5, 5.41) is 12.9. The zero-order valence-electron chi connectivity index (χ0n) is 15.6. The number of hydrogen-bond acceptors (Lipinski definition) is 7. The van der Waals surface area contributed by atoms with Gasteiger partial charge >= 0.3 is 5.69 Å². The number of carbonyl (C=O) groups excluding carboxylic acids is 1. The Hall–Kier alpha value is -1.85. The lowest BCUT2D eigenvalue weighted by Gasteiger charge is -2.10. The van der Waals surface area contributed by atoms with E-state index >= 15 is 0 Å². The number of benzene rings is 1. The molecule has 1 aliphatic heterocycles. The molecule has 1 atom stereocenters. The highest BCUT2D eigenvalue weighted by atomic mass is 35.5. The van der Waals surface area contributed by atoms with E-state index in [2.05, 4.69) is 20.5 Å². The highest BCUT2D eigenvalue weighted by Crippen LogP contribution is 2.30. The van der Waals surface area contributed by atoms with Gasteiger partial charge < -0.3 is 10.1 Å². The Bertz CT molecular complexity index is 1110. The van der Waals surface area contributed by atoms with Crippen LogP contribution in [-0.2, 0) is 16.1 Å². The third-order valence-electron chi connectivity index (χ3n) is 4.43. The molecule has 4 rings (SSSR count). The first-order valence-electron chi connectivity index (χ1n) is 9.10. The van der Waals surface area contributed by atoms with E-state index in [-0.39, 0.29) is 23.5 Å². The number of nitrogens with one attached hydrogen (secondary N) is 2. The molecule has 12 heteroatoms. The second-order valence-electron chi connectivity index (χ2n) is 6.56. The van der Waals surface area contributed by atoms with E-state index in [4.69, 9.17) is 27.9 Å². The minimum Gasteiger partial charge on any atom is -0.376 e. The number of hydrogen-bond donors (Lipinski definition) is 2. The van der Waals surface area contributed by atoms with Crippen LogP contribution in [0.15, 0.2) is 33.5 Å². The number of ether oxygens (including phenoxy) is 1. The molecule has 2 aromatic heterocycles. The molecule has 3 heterocycles. The van der Waals surface area contributed by atoms with Crippen LogP contribution in [0.3, 0.4) is 0 Å². The van der Waals surface area contributed by atoms with Gasteiger partial charge in [0.25, 0.3) is 0 Å². The first-order chi connectivity index (χ1) is 14.5. The molecule has 0 spiro atoms. The Morgan fingerprint density at radius 2 is 2.27 bits per heavy atom. The van der Waals surface area contributed by atoms with Crippen LogP contribution in [0.25, 0.3) is 11.3 Å². The Kier molecular flexibility index (Phi) is 6.79. The second-order valence-corrected chi connectivity index (χ2v) is 9.18. The van der Waals surface area contributed by atoms with Crippen molar-refractivity contribution < 1.29 is 9.53 Å². The Morgan fingerprint density at radius 1 is 1.40 bits per heavy atom. The Labute approximate surface area is 189 Å². The molecular formula is C18H17Cl2N5O3S2. The summed E-state index contributed by atoms with van der Waals surface area (Å²) in [4.78, 5) is 28.8. The van der Waals surface area contributed by atoms with Crippen LogP contribution < -0.4 is 11.0 Å². The molecule has 2 N–H and O–H groups in total. The van der Waals surface area contributed by atoms with Gasteiger partial charge in [-0.2, -0.15) is 0 Å². The molecule has 1 saturated heterocycles. The van der Waals surface area contributed by atoms with Crippen LogP contribution in [0.1, 0.15) is 12.8 Å². The van der Waals surface area contributed by atoms with Crippen molar-refractivity contribution in [1.82, 2.24) is 19.7 Å². The smallest absolute Gasteiger partial charge is 0.344 e. The first kappa shape index (κ1) is 21.4. The van der Waals surface area contributed by atoms with Gasteiger partial charge in [0.15, 0.2) is 10.3 Å². The number of rotatable bonds is 7. The molecule has 0 saturated carbocycles. The molecule has 1 aliphatic rings. The van der Waals surface area contributed by atoms with Crippen LogP contribution in [0, 0.1) is 0 Å². The summed E-state index contributed by atoms with van der Waals surface area (Å²) in [5.74, 6) is -0.147. The number of halogens is 2. The van der Waals surface area contributed by atoms with Crippen molar-refractivity contribution in [3.05, 3.63) is 44.1 Å². The summed E-state index contributed by atoms with van der Waals surface area (Å²) < 4.78 is 7.09. The molecule has 1 unspecified atom stereocenters. The SMILES string of the molecule is O=C(CSc1n[nH]c(=O)n1CC1CCCO1)Nc1nc(-c2ccc(Cl)c(Cl)c2)cs1. The highest BCUT2D eigenvalue weighted by Gasteiger charge is 2.20. The monoisotopic (exact) mass is 485 g/mol. The van der Waals surface area contributed by atoms with Gasteiger partial charge in [-0.3, -0.25) is 9.36 Å². The van der Waals surface area contributed by atoms with Crippen molar-refractivity contribution in [2.75, 3.05) is 17.7 Å². The maximum atomic E-state index is 12.3. The van der Waals surface area contributed by atoms with E-state index in [1.165, 1.54) is 27.7 Å². The highest BCUT2D eigenvalue weighted by molar-refractivity contribution is 7.99. The van der Waals surface area contributed by atoms with Gasteiger partial charge in [0.2, 0.25) is 5.91 Å². The van der Waals surface area contributed by atoms with Gasteiger partial charge in [-0.15, -0.1) is 16.4 Å². The molecule has 0 aliphatic carbocycles. The summed E-state index contributed by atoms with van der Waals surface area (Å²) in [6, 6.07) is 5.24. The average molecular weight is 486 g/mol. The summed E-state index contributed by atoms with van der Waals surface area (Å²) in [6.45, 7) is 1.14. The zero-order chi connectivity index (χ0) is 21.1. The molecule has 158 valence electrons.